The lowest BCUT2D eigenvalue weighted by molar-refractivity contribution is -0.128. The van der Waals surface area contributed by atoms with Gasteiger partial charge in [-0.2, -0.15) is 0 Å². The molecule has 9 nitrogen and oxygen atoms in total. The third-order valence-corrected chi connectivity index (χ3v) is 7.93. The van der Waals surface area contributed by atoms with Crippen LogP contribution in [0.2, 0.25) is 0 Å². The van der Waals surface area contributed by atoms with Crippen LogP contribution in [0.5, 0.6) is 11.5 Å². The van der Waals surface area contributed by atoms with Crippen molar-refractivity contribution in [2.75, 3.05) is 33.9 Å². The van der Waals surface area contributed by atoms with Crippen LogP contribution in [0, 0.1) is 6.92 Å². The number of benzene rings is 3. The van der Waals surface area contributed by atoms with Gasteiger partial charge in [-0.3, -0.25) is 19.3 Å². The van der Waals surface area contributed by atoms with Crippen LogP contribution in [-0.4, -0.2) is 73.2 Å². The highest BCUT2D eigenvalue weighted by Gasteiger charge is 2.54. The summed E-state index contributed by atoms with van der Waals surface area (Å²) in [5, 5.41) is 2.98. The van der Waals surface area contributed by atoms with E-state index in [2.05, 4.69) is 5.32 Å². The van der Waals surface area contributed by atoms with Crippen molar-refractivity contribution in [3.63, 3.8) is 0 Å². The Bertz CT molecular complexity index is 1420. The number of likely N-dealkylation sites (tertiary alicyclic amines) is 1. The van der Waals surface area contributed by atoms with Crippen LogP contribution in [0.1, 0.15) is 44.7 Å². The van der Waals surface area contributed by atoms with Gasteiger partial charge in [0, 0.05) is 43.6 Å². The Morgan fingerprint density at radius 1 is 0.902 bits per heavy atom. The Morgan fingerprint density at radius 2 is 1.59 bits per heavy atom. The molecular formula is C32H35N3O6. The first kappa shape index (κ1) is 28.2. The Labute approximate surface area is 240 Å². The summed E-state index contributed by atoms with van der Waals surface area (Å²) < 4.78 is 17.0. The van der Waals surface area contributed by atoms with Crippen molar-refractivity contribution in [1.82, 2.24) is 15.1 Å². The monoisotopic (exact) mass is 557 g/mol. The fourth-order valence-electron chi connectivity index (χ4n) is 5.62. The van der Waals surface area contributed by atoms with Gasteiger partial charge in [-0.25, -0.2) is 0 Å². The van der Waals surface area contributed by atoms with Gasteiger partial charge in [-0.05, 0) is 42.3 Å². The van der Waals surface area contributed by atoms with Crippen molar-refractivity contribution in [3.05, 3.63) is 95.1 Å². The molecule has 0 bridgehead atoms. The molecule has 41 heavy (non-hydrogen) atoms. The molecule has 2 aliphatic heterocycles. The summed E-state index contributed by atoms with van der Waals surface area (Å²) in [6, 6.07) is 21.3. The maximum atomic E-state index is 14.1. The molecule has 1 spiro atoms. The minimum Gasteiger partial charge on any atom is -0.493 e. The van der Waals surface area contributed by atoms with Gasteiger partial charge in [0.2, 0.25) is 5.91 Å². The van der Waals surface area contributed by atoms with E-state index in [1.54, 1.807) is 41.2 Å². The molecule has 0 saturated carbocycles. The largest absolute Gasteiger partial charge is 0.493 e. The smallest absolute Gasteiger partial charge is 0.257 e. The molecule has 2 heterocycles. The van der Waals surface area contributed by atoms with Crippen LogP contribution in [0.15, 0.2) is 72.8 Å². The molecule has 0 aliphatic carbocycles. The van der Waals surface area contributed by atoms with E-state index < -0.39 is 11.8 Å². The van der Waals surface area contributed by atoms with E-state index in [0.29, 0.717) is 55.1 Å². The molecule has 9 heteroatoms. The molecule has 2 fully saturated rings. The average molecular weight is 558 g/mol. The zero-order valence-electron chi connectivity index (χ0n) is 23.6. The van der Waals surface area contributed by atoms with Crippen molar-refractivity contribution in [1.29, 1.82) is 0 Å². The number of hydrogen-bond acceptors (Lipinski definition) is 6. The molecule has 3 amide bonds. The molecule has 1 atom stereocenters. The maximum Gasteiger partial charge on any atom is 0.257 e. The molecule has 0 radical (unpaired) electrons. The molecule has 3 aromatic carbocycles. The average Bonchev–Trinajstić information content (AvgIpc) is 3.38. The predicted molar refractivity (Wildman–Crippen MR) is 153 cm³/mol. The van der Waals surface area contributed by atoms with Crippen molar-refractivity contribution < 1.29 is 28.6 Å². The number of hydrogen-bond donors (Lipinski definition) is 1. The molecule has 214 valence electrons. The summed E-state index contributed by atoms with van der Waals surface area (Å²) in [7, 11) is 3.07. The predicted octanol–water partition coefficient (Wildman–Crippen LogP) is 3.80. The lowest BCUT2D eigenvalue weighted by atomic mass is 9.95. The van der Waals surface area contributed by atoms with E-state index >= 15 is 0 Å². The van der Waals surface area contributed by atoms with Crippen molar-refractivity contribution in [2.45, 2.75) is 38.1 Å². The lowest BCUT2D eigenvalue weighted by Gasteiger charge is -2.44. The second-order valence-corrected chi connectivity index (χ2v) is 10.3. The number of aryl methyl sites for hydroxylation is 1. The van der Waals surface area contributed by atoms with Crippen LogP contribution in [0.3, 0.4) is 0 Å². The molecule has 2 saturated heterocycles. The van der Waals surface area contributed by atoms with Gasteiger partial charge in [0.15, 0.2) is 11.5 Å². The standard InChI is InChI=1S/C32H35N3O6/c1-22-9-7-8-12-25(22)31(38)35-26(29(36)33-20-23-10-5-4-6-11-23)21-41-32(35)15-17-34(18-16-32)30(37)24-13-14-27(39-2)28(19-24)40-3/h4-14,19,26H,15-18,20-21H2,1-3H3,(H,33,36). The molecule has 3 aromatic rings. The van der Waals surface area contributed by atoms with E-state index in [0.717, 1.165) is 11.1 Å². The Balaban J connectivity index is 1.36. The highest BCUT2D eigenvalue weighted by Crippen LogP contribution is 2.39. The SMILES string of the molecule is COc1ccc(C(=O)N2CCC3(CC2)OCC(C(=O)NCc2ccccc2)N3C(=O)c2ccccc2C)cc1OC. The van der Waals surface area contributed by atoms with E-state index in [1.165, 1.54) is 7.11 Å². The van der Waals surface area contributed by atoms with Gasteiger partial charge in [0.25, 0.3) is 11.8 Å². The summed E-state index contributed by atoms with van der Waals surface area (Å²) in [6.07, 6.45) is 0.762. The van der Waals surface area contributed by atoms with Gasteiger partial charge in [0.05, 0.1) is 20.8 Å². The van der Waals surface area contributed by atoms with Crippen LogP contribution in [0.25, 0.3) is 0 Å². The van der Waals surface area contributed by atoms with Gasteiger partial charge < -0.3 is 24.4 Å². The number of carbonyl (C=O) groups is 3. The minimum atomic E-state index is -0.998. The van der Waals surface area contributed by atoms with E-state index in [-0.39, 0.29) is 24.3 Å². The molecule has 0 aromatic heterocycles. The topological polar surface area (TPSA) is 97.4 Å². The number of amides is 3. The summed E-state index contributed by atoms with van der Waals surface area (Å²) in [5.74, 6) is 0.359. The second kappa shape index (κ2) is 12.0. The number of rotatable bonds is 7. The Morgan fingerprint density at radius 3 is 2.27 bits per heavy atom. The zero-order valence-corrected chi connectivity index (χ0v) is 23.6. The molecule has 5 rings (SSSR count). The number of ether oxygens (including phenoxy) is 3. The highest BCUT2D eigenvalue weighted by atomic mass is 16.5. The summed E-state index contributed by atoms with van der Waals surface area (Å²) in [5.41, 5.74) is 1.80. The van der Waals surface area contributed by atoms with E-state index in [4.69, 9.17) is 14.2 Å². The number of piperidine rings is 1. The fraction of sp³-hybridized carbons (Fsp3) is 0.344. The van der Waals surface area contributed by atoms with E-state index in [9.17, 15) is 14.4 Å². The van der Waals surface area contributed by atoms with Crippen LogP contribution < -0.4 is 14.8 Å². The summed E-state index contributed by atoms with van der Waals surface area (Å²) in [6.45, 7) is 3.04. The Kier molecular flexibility index (Phi) is 8.26. The minimum absolute atomic E-state index is 0.0852. The van der Waals surface area contributed by atoms with Crippen LogP contribution in [0.4, 0.5) is 0 Å². The third-order valence-electron chi connectivity index (χ3n) is 7.93. The lowest BCUT2D eigenvalue weighted by Crippen LogP contribution is -2.59. The van der Waals surface area contributed by atoms with Crippen molar-refractivity contribution in [3.8, 4) is 11.5 Å². The molecule has 1 unspecified atom stereocenters. The summed E-state index contributed by atoms with van der Waals surface area (Å²) >= 11 is 0. The first-order valence-electron chi connectivity index (χ1n) is 13.7. The molecule has 1 N–H and O–H groups in total. The first-order chi connectivity index (χ1) is 19.9. The van der Waals surface area contributed by atoms with Gasteiger partial charge in [-0.1, -0.05) is 48.5 Å². The van der Waals surface area contributed by atoms with Crippen LogP contribution >= 0.6 is 0 Å². The van der Waals surface area contributed by atoms with Crippen molar-refractivity contribution in [2.24, 2.45) is 0 Å². The number of nitrogens with zero attached hydrogens (tertiary/aromatic N) is 2. The van der Waals surface area contributed by atoms with Gasteiger partial charge in [0.1, 0.15) is 11.8 Å². The molecule has 2 aliphatic rings. The summed E-state index contributed by atoms with van der Waals surface area (Å²) in [4.78, 5) is 44.3. The third kappa shape index (κ3) is 5.63. The van der Waals surface area contributed by atoms with Gasteiger partial charge >= 0.3 is 0 Å². The fourth-order valence-corrected chi connectivity index (χ4v) is 5.62. The first-order valence-corrected chi connectivity index (χ1v) is 13.7. The van der Waals surface area contributed by atoms with Crippen LogP contribution in [-0.2, 0) is 16.1 Å². The quantitative estimate of drug-likeness (QED) is 0.475. The highest BCUT2D eigenvalue weighted by molar-refractivity contribution is 5.99. The number of carbonyl (C=O) groups excluding carboxylic acids is 3. The normalized spacial score (nSPS) is 17.8. The van der Waals surface area contributed by atoms with Gasteiger partial charge in [-0.15, -0.1) is 0 Å². The maximum absolute atomic E-state index is 14.1. The molecular weight excluding hydrogens is 522 g/mol. The number of methoxy groups -OCH3 is 2. The Hall–Kier alpha value is -4.37. The van der Waals surface area contributed by atoms with E-state index in [1.807, 2.05) is 55.5 Å². The number of nitrogens with one attached hydrogen (secondary N) is 1. The van der Waals surface area contributed by atoms with Crippen molar-refractivity contribution >= 4 is 17.7 Å². The second-order valence-electron chi connectivity index (χ2n) is 10.3. The zero-order chi connectivity index (χ0) is 29.0.